The van der Waals surface area contributed by atoms with Gasteiger partial charge in [-0.25, -0.2) is 9.37 Å². The predicted octanol–water partition coefficient (Wildman–Crippen LogP) is 0.140. The van der Waals surface area contributed by atoms with Crippen LogP contribution in [-0.2, 0) is 9.59 Å². The Bertz CT molecular complexity index is 605. The van der Waals surface area contributed by atoms with Crippen LogP contribution in [0.5, 0.6) is 0 Å². The molecule has 0 radical (unpaired) electrons. The first-order valence-electron chi connectivity index (χ1n) is 6.46. The molecule has 8 heteroatoms. The maximum Gasteiger partial charge on any atom is 0.258 e. The Kier molecular flexibility index (Phi) is 4.15. The molecule has 0 spiro atoms. The van der Waals surface area contributed by atoms with Crippen molar-refractivity contribution in [1.29, 1.82) is 0 Å². The average Bonchev–Trinajstić information content (AvgIpc) is 2.46. The van der Waals surface area contributed by atoms with Gasteiger partial charge in [-0.05, 0) is 12.5 Å². The molecule has 1 atom stereocenters. The van der Waals surface area contributed by atoms with Crippen molar-refractivity contribution in [1.82, 2.24) is 15.2 Å². The number of piperazine rings is 1. The lowest BCUT2D eigenvalue weighted by molar-refractivity contribution is -0.138. The van der Waals surface area contributed by atoms with Crippen LogP contribution >= 0.6 is 0 Å². The van der Waals surface area contributed by atoms with Gasteiger partial charge in [-0.3, -0.25) is 19.7 Å². The van der Waals surface area contributed by atoms with Crippen molar-refractivity contribution in [3.8, 4) is 0 Å². The molecular formula is C13H15FN4O3. The molecule has 3 amide bonds. The molecule has 2 heterocycles. The van der Waals surface area contributed by atoms with Crippen molar-refractivity contribution in [2.45, 2.75) is 19.4 Å². The second-order valence-electron chi connectivity index (χ2n) is 4.54. The molecule has 0 saturated carbocycles. The zero-order valence-corrected chi connectivity index (χ0v) is 11.6. The standard InChI is InChI=1S/C13H15FN4O3/c1-3-8-12(20)17-9(19)6-18(8)13(21)7-4-5-16-11(15-2)10(7)14/h4-5,8H,3,6H2,1-2H3,(H,15,16)(H,17,19,20). The van der Waals surface area contributed by atoms with E-state index in [0.717, 1.165) is 4.90 Å². The van der Waals surface area contributed by atoms with Crippen LogP contribution in [0.4, 0.5) is 10.2 Å². The maximum absolute atomic E-state index is 14.1. The highest BCUT2D eigenvalue weighted by Gasteiger charge is 2.36. The lowest BCUT2D eigenvalue weighted by Crippen LogP contribution is -2.59. The van der Waals surface area contributed by atoms with Gasteiger partial charge in [0.05, 0.1) is 5.56 Å². The van der Waals surface area contributed by atoms with Gasteiger partial charge in [0.15, 0.2) is 11.6 Å². The monoisotopic (exact) mass is 294 g/mol. The fourth-order valence-electron chi connectivity index (χ4n) is 2.22. The van der Waals surface area contributed by atoms with Crippen LogP contribution in [0.2, 0.25) is 0 Å². The summed E-state index contributed by atoms with van der Waals surface area (Å²) in [7, 11) is 1.48. The number of amides is 3. The Labute approximate surface area is 120 Å². The van der Waals surface area contributed by atoms with Gasteiger partial charge in [0.25, 0.3) is 5.91 Å². The lowest BCUT2D eigenvalue weighted by Gasteiger charge is -2.33. The van der Waals surface area contributed by atoms with Crippen molar-refractivity contribution < 1.29 is 18.8 Å². The molecule has 21 heavy (non-hydrogen) atoms. The minimum absolute atomic E-state index is 0.0679. The first kappa shape index (κ1) is 14.9. The number of carbonyl (C=O) groups excluding carboxylic acids is 3. The van der Waals surface area contributed by atoms with Gasteiger partial charge >= 0.3 is 0 Å². The molecule has 0 aromatic carbocycles. The van der Waals surface area contributed by atoms with Crippen LogP contribution in [0.25, 0.3) is 0 Å². The van der Waals surface area contributed by atoms with Gasteiger partial charge in [-0.15, -0.1) is 0 Å². The Morgan fingerprint density at radius 1 is 1.57 bits per heavy atom. The van der Waals surface area contributed by atoms with Crippen molar-refractivity contribution in [2.24, 2.45) is 0 Å². The Balaban J connectivity index is 2.38. The molecule has 2 rings (SSSR count). The molecule has 0 bridgehead atoms. The van der Waals surface area contributed by atoms with Crippen molar-refractivity contribution >= 4 is 23.5 Å². The molecule has 1 aromatic heterocycles. The normalized spacial score (nSPS) is 18.4. The molecule has 1 aromatic rings. The first-order valence-corrected chi connectivity index (χ1v) is 6.46. The van der Waals surface area contributed by atoms with Crippen LogP contribution < -0.4 is 10.6 Å². The minimum atomic E-state index is -0.807. The SMILES string of the molecule is CCC1C(=O)NC(=O)CN1C(=O)c1ccnc(NC)c1F. The van der Waals surface area contributed by atoms with Gasteiger partial charge in [0.1, 0.15) is 12.6 Å². The highest BCUT2D eigenvalue weighted by atomic mass is 19.1. The number of nitrogens with one attached hydrogen (secondary N) is 2. The highest BCUT2D eigenvalue weighted by Crippen LogP contribution is 2.19. The summed E-state index contributed by atoms with van der Waals surface area (Å²) >= 11 is 0. The molecule has 1 aliphatic rings. The van der Waals surface area contributed by atoms with Crippen molar-refractivity contribution in [3.05, 3.63) is 23.6 Å². The number of aromatic nitrogens is 1. The third-order valence-corrected chi connectivity index (χ3v) is 3.26. The van der Waals surface area contributed by atoms with Crippen molar-refractivity contribution in [3.63, 3.8) is 0 Å². The number of hydrogen-bond acceptors (Lipinski definition) is 5. The van der Waals surface area contributed by atoms with E-state index in [1.54, 1.807) is 6.92 Å². The summed E-state index contributed by atoms with van der Waals surface area (Å²) < 4.78 is 14.1. The minimum Gasteiger partial charge on any atom is -0.371 e. The Hall–Kier alpha value is -2.51. The van der Waals surface area contributed by atoms with E-state index in [-0.39, 0.29) is 17.9 Å². The molecule has 1 unspecified atom stereocenters. The number of halogens is 1. The van der Waals surface area contributed by atoms with E-state index in [0.29, 0.717) is 6.42 Å². The zero-order chi connectivity index (χ0) is 15.6. The number of imide groups is 1. The van der Waals surface area contributed by atoms with Crippen LogP contribution in [0.1, 0.15) is 23.7 Å². The first-order chi connectivity index (χ1) is 9.99. The van der Waals surface area contributed by atoms with Crippen LogP contribution in [0.3, 0.4) is 0 Å². The van der Waals surface area contributed by atoms with E-state index in [1.807, 2.05) is 0 Å². The molecule has 1 saturated heterocycles. The van der Waals surface area contributed by atoms with Crippen LogP contribution in [0, 0.1) is 5.82 Å². The van der Waals surface area contributed by atoms with E-state index < -0.39 is 29.6 Å². The third kappa shape index (κ3) is 2.69. The smallest absolute Gasteiger partial charge is 0.258 e. The number of anilines is 1. The largest absolute Gasteiger partial charge is 0.371 e. The molecule has 1 aliphatic heterocycles. The Morgan fingerprint density at radius 3 is 2.90 bits per heavy atom. The average molecular weight is 294 g/mol. The summed E-state index contributed by atoms with van der Waals surface area (Å²) in [5.74, 6) is -2.71. The summed E-state index contributed by atoms with van der Waals surface area (Å²) in [5.41, 5.74) is -0.227. The lowest BCUT2D eigenvalue weighted by atomic mass is 10.1. The topological polar surface area (TPSA) is 91.4 Å². The van der Waals surface area contributed by atoms with Gasteiger partial charge in [-0.2, -0.15) is 0 Å². The van der Waals surface area contributed by atoms with Gasteiger partial charge in [0, 0.05) is 13.2 Å². The van der Waals surface area contributed by atoms with E-state index in [2.05, 4.69) is 15.6 Å². The predicted molar refractivity (Wildman–Crippen MR) is 72.0 cm³/mol. The number of pyridine rings is 1. The number of rotatable bonds is 3. The van der Waals surface area contributed by atoms with Crippen molar-refractivity contribution in [2.75, 3.05) is 18.9 Å². The summed E-state index contributed by atoms with van der Waals surface area (Å²) in [4.78, 5) is 40.5. The molecule has 2 N–H and O–H groups in total. The number of nitrogens with zero attached hydrogens (tertiary/aromatic N) is 2. The van der Waals surface area contributed by atoms with E-state index >= 15 is 0 Å². The van der Waals surface area contributed by atoms with Gasteiger partial charge in [-0.1, -0.05) is 6.92 Å². The second-order valence-corrected chi connectivity index (χ2v) is 4.54. The summed E-state index contributed by atoms with van der Waals surface area (Å²) in [6.07, 6.45) is 1.62. The number of hydrogen-bond donors (Lipinski definition) is 2. The summed E-state index contributed by atoms with van der Waals surface area (Å²) in [6.45, 7) is 1.43. The summed E-state index contributed by atoms with van der Waals surface area (Å²) in [6, 6.07) is 0.433. The molecule has 1 fully saturated rings. The highest BCUT2D eigenvalue weighted by molar-refractivity contribution is 6.07. The van der Waals surface area contributed by atoms with E-state index in [4.69, 9.17) is 0 Å². The van der Waals surface area contributed by atoms with Gasteiger partial charge in [0.2, 0.25) is 11.8 Å². The van der Waals surface area contributed by atoms with E-state index in [9.17, 15) is 18.8 Å². The molecular weight excluding hydrogens is 279 g/mol. The zero-order valence-electron chi connectivity index (χ0n) is 11.6. The quantitative estimate of drug-likeness (QED) is 0.774. The third-order valence-electron chi connectivity index (χ3n) is 3.26. The molecule has 0 aliphatic carbocycles. The molecule has 112 valence electrons. The fourth-order valence-corrected chi connectivity index (χ4v) is 2.22. The fraction of sp³-hybridized carbons (Fsp3) is 0.385. The van der Waals surface area contributed by atoms with E-state index in [1.165, 1.54) is 19.3 Å². The van der Waals surface area contributed by atoms with Crippen LogP contribution in [0.15, 0.2) is 12.3 Å². The maximum atomic E-state index is 14.1. The van der Waals surface area contributed by atoms with Crippen LogP contribution in [-0.4, -0.2) is 47.2 Å². The number of carbonyl (C=O) groups is 3. The second kappa shape index (κ2) is 5.86. The Morgan fingerprint density at radius 2 is 2.29 bits per heavy atom. The van der Waals surface area contributed by atoms with Gasteiger partial charge < -0.3 is 10.2 Å². The molecule has 7 nitrogen and oxygen atoms in total. The summed E-state index contributed by atoms with van der Waals surface area (Å²) in [5, 5.41) is 4.70.